The average Bonchev–Trinajstić information content (AvgIpc) is 2.23. The molecule has 1 saturated heterocycles. The van der Waals surface area contributed by atoms with Crippen molar-refractivity contribution in [3.63, 3.8) is 0 Å². The Kier molecular flexibility index (Phi) is 3.23. The molecule has 1 aromatic heterocycles. The zero-order valence-electron chi connectivity index (χ0n) is 7.99. The minimum absolute atomic E-state index is 0.756. The number of rotatable bonds is 2. The molecule has 0 bridgehead atoms. The molecule has 76 valence electrons. The van der Waals surface area contributed by atoms with Crippen LogP contribution in [0.2, 0.25) is 0 Å². The SMILES string of the molecule is S=c1[nH]ccnc1CN1CCNCC1. The second kappa shape index (κ2) is 4.63. The van der Waals surface area contributed by atoms with E-state index in [0.717, 1.165) is 43.1 Å². The van der Waals surface area contributed by atoms with E-state index < -0.39 is 0 Å². The van der Waals surface area contributed by atoms with Gasteiger partial charge in [-0.1, -0.05) is 12.2 Å². The van der Waals surface area contributed by atoms with Crippen molar-refractivity contribution >= 4 is 12.2 Å². The third kappa shape index (κ3) is 2.37. The fraction of sp³-hybridized carbons (Fsp3) is 0.556. The molecule has 1 aromatic rings. The third-order valence-corrected chi connectivity index (χ3v) is 2.72. The predicted molar refractivity (Wildman–Crippen MR) is 57.6 cm³/mol. The van der Waals surface area contributed by atoms with E-state index in [0.29, 0.717) is 0 Å². The number of aromatic amines is 1. The maximum absolute atomic E-state index is 5.16. The molecule has 2 N–H and O–H groups in total. The summed E-state index contributed by atoms with van der Waals surface area (Å²) in [5, 5.41) is 3.32. The van der Waals surface area contributed by atoms with Crippen molar-refractivity contribution in [2.24, 2.45) is 0 Å². The highest BCUT2D eigenvalue weighted by Gasteiger charge is 2.10. The van der Waals surface area contributed by atoms with Crippen molar-refractivity contribution in [1.82, 2.24) is 20.2 Å². The predicted octanol–water partition coefficient (Wildman–Crippen LogP) is 0.544. The van der Waals surface area contributed by atoms with E-state index in [1.165, 1.54) is 0 Å². The zero-order valence-corrected chi connectivity index (χ0v) is 8.81. The first-order valence-corrected chi connectivity index (χ1v) is 5.23. The number of hydrogen-bond acceptors (Lipinski definition) is 4. The second-order valence-electron chi connectivity index (χ2n) is 3.39. The number of piperazine rings is 1. The van der Waals surface area contributed by atoms with Crippen molar-refractivity contribution in [1.29, 1.82) is 0 Å². The standard InChI is InChI=1S/C9H14N4S/c14-9-8(11-1-2-12-9)7-13-5-3-10-4-6-13/h1-2,10H,3-7H2,(H,12,14). The Morgan fingerprint density at radius 2 is 2.21 bits per heavy atom. The minimum Gasteiger partial charge on any atom is -0.350 e. The van der Waals surface area contributed by atoms with Gasteiger partial charge in [0.1, 0.15) is 4.64 Å². The molecule has 1 aliphatic heterocycles. The van der Waals surface area contributed by atoms with Crippen molar-refractivity contribution in [3.8, 4) is 0 Å². The van der Waals surface area contributed by atoms with E-state index in [1.807, 2.05) is 0 Å². The van der Waals surface area contributed by atoms with Crippen LogP contribution in [0.5, 0.6) is 0 Å². The molecule has 2 heterocycles. The Morgan fingerprint density at radius 3 is 2.93 bits per heavy atom. The highest BCUT2D eigenvalue weighted by molar-refractivity contribution is 7.71. The van der Waals surface area contributed by atoms with Crippen LogP contribution in [0, 0.1) is 4.64 Å². The van der Waals surface area contributed by atoms with Gasteiger partial charge in [0.2, 0.25) is 0 Å². The van der Waals surface area contributed by atoms with Crippen LogP contribution in [0.1, 0.15) is 5.69 Å². The summed E-state index contributed by atoms with van der Waals surface area (Å²) in [6, 6.07) is 0. The monoisotopic (exact) mass is 210 g/mol. The van der Waals surface area contributed by atoms with Crippen LogP contribution < -0.4 is 5.32 Å². The van der Waals surface area contributed by atoms with Gasteiger partial charge in [-0.3, -0.25) is 9.88 Å². The van der Waals surface area contributed by atoms with Crippen molar-refractivity contribution < 1.29 is 0 Å². The van der Waals surface area contributed by atoms with E-state index in [4.69, 9.17) is 12.2 Å². The molecule has 4 nitrogen and oxygen atoms in total. The molecule has 0 unspecified atom stereocenters. The van der Waals surface area contributed by atoms with Gasteiger partial charge >= 0.3 is 0 Å². The number of aromatic nitrogens is 2. The van der Waals surface area contributed by atoms with Gasteiger partial charge in [-0.15, -0.1) is 0 Å². The normalized spacial score (nSPS) is 18.3. The van der Waals surface area contributed by atoms with E-state index in [9.17, 15) is 0 Å². The van der Waals surface area contributed by atoms with Crippen LogP contribution >= 0.6 is 12.2 Å². The molecule has 0 saturated carbocycles. The van der Waals surface area contributed by atoms with Crippen LogP contribution in [0.4, 0.5) is 0 Å². The van der Waals surface area contributed by atoms with Crippen molar-refractivity contribution in [3.05, 3.63) is 22.7 Å². The Hall–Kier alpha value is -0.780. The summed E-state index contributed by atoms with van der Waals surface area (Å²) in [6.45, 7) is 5.13. The Labute approximate surface area is 88.4 Å². The van der Waals surface area contributed by atoms with Crippen LogP contribution in [0.25, 0.3) is 0 Å². The lowest BCUT2D eigenvalue weighted by atomic mass is 10.3. The lowest BCUT2D eigenvalue weighted by Crippen LogP contribution is -2.43. The molecule has 0 atom stereocenters. The summed E-state index contributed by atoms with van der Waals surface area (Å²) in [5.41, 5.74) is 0.976. The second-order valence-corrected chi connectivity index (χ2v) is 3.80. The van der Waals surface area contributed by atoms with Crippen molar-refractivity contribution in [2.75, 3.05) is 26.2 Å². The first-order chi connectivity index (χ1) is 6.86. The van der Waals surface area contributed by atoms with E-state index >= 15 is 0 Å². The molecule has 1 aliphatic rings. The molecular formula is C9H14N4S. The van der Waals surface area contributed by atoms with Gasteiger partial charge < -0.3 is 10.3 Å². The summed E-state index contributed by atoms with van der Waals surface area (Å²) < 4.78 is 0.756. The number of hydrogen-bond donors (Lipinski definition) is 2. The molecule has 0 amide bonds. The summed E-state index contributed by atoms with van der Waals surface area (Å²) >= 11 is 5.16. The number of nitrogens with one attached hydrogen (secondary N) is 2. The zero-order chi connectivity index (χ0) is 9.80. The van der Waals surface area contributed by atoms with Gasteiger partial charge in [-0.25, -0.2) is 0 Å². The largest absolute Gasteiger partial charge is 0.350 e. The molecule has 1 fully saturated rings. The smallest absolute Gasteiger partial charge is 0.126 e. The lowest BCUT2D eigenvalue weighted by molar-refractivity contribution is 0.230. The molecule has 0 aliphatic carbocycles. The van der Waals surface area contributed by atoms with Gasteiger partial charge in [0, 0.05) is 45.1 Å². The van der Waals surface area contributed by atoms with Crippen LogP contribution in [0.15, 0.2) is 12.4 Å². The third-order valence-electron chi connectivity index (χ3n) is 2.36. The van der Waals surface area contributed by atoms with Crippen LogP contribution in [-0.2, 0) is 6.54 Å². The molecule has 0 aromatic carbocycles. The Bertz CT molecular complexity index is 343. The number of nitrogens with zero attached hydrogens (tertiary/aromatic N) is 2. The quantitative estimate of drug-likeness (QED) is 0.700. The van der Waals surface area contributed by atoms with Gasteiger partial charge in [-0.05, 0) is 0 Å². The maximum atomic E-state index is 5.16. The van der Waals surface area contributed by atoms with Crippen LogP contribution in [-0.4, -0.2) is 41.0 Å². The first kappa shape index (κ1) is 9.76. The van der Waals surface area contributed by atoms with Crippen LogP contribution in [0.3, 0.4) is 0 Å². The Balaban J connectivity index is 2.03. The van der Waals surface area contributed by atoms with E-state index in [2.05, 4.69) is 20.2 Å². The maximum Gasteiger partial charge on any atom is 0.126 e. The topological polar surface area (TPSA) is 44.0 Å². The summed E-state index contributed by atoms with van der Waals surface area (Å²) in [5.74, 6) is 0. The van der Waals surface area contributed by atoms with Gasteiger partial charge in [-0.2, -0.15) is 0 Å². The molecule has 14 heavy (non-hydrogen) atoms. The van der Waals surface area contributed by atoms with Crippen molar-refractivity contribution in [2.45, 2.75) is 6.54 Å². The minimum atomic E-state index is 0.756. The molecule has 5 heteroatoms. The lowest BCUT2D eigenvalue weighted by Gasteiger charge is -2.26. The van der Waals surface area contributed by atoms with Gasteiger partial charge in [0.05, 0.1) is 5.69 Å². The fourth-order valence-electron chi connectivity index (χ4n) is 1.58. The molecule has 0 spiro atoms. The summed E-state index contributed by atoms with van der Waals surface area (Å²) in [7, 11) is 0. The Morgan fingerprint density at radius 1 is 1.43 bits per heavy atom. The number of H-pyrrole nitrogens is 1. The summed E-state index contributed by atoms with van der Waals surface area (Å²) in [4.78, 5) is 9.64. The molecular weight excluding hydrogens is 196 g/mol. The van der Waals surface area contributed by atoms with Gasteiger partial charge in [0.25, 0.3) is 0 Å². The van der Waals surface area contributed by atoms with Gasteiger partial charge in [0.15, 0.2) is 0 Å². The van der Waals surface area contributed by atoms with E-state index in [1.54, 1.807) is 12.4 Å². The summed E-state index contributed by atoms with van der Waals surface area (Å²) in [6.07, 6.45) is 3.52. The molecule has 0 radical (unpaired) electrons. The highest BCUT2D eigenvalue weighted by Crippen LogP contribution is 2.02. The van der Waals surface area contributed by atoms with E-state index in [-0.39, 0.29) is 0 Å². The first-order valence-electron chi connectivity index (χ1n) is 4.82. The highest BCUT2D eigenvalue weighted by atomic mass is 32.1. The fourth-order valence-corrected chi connectivity index (χ4v) is 1.76. The average molecular weight is 210 g/mol. The molecule has 2 rings (SSSR count).